The van der Waals surface area contributed by atoms with E-state index < -0.39 is 15.9 Å². The zero-order chi connectivity index (χ0) is 8.77. The number of amides is 1. The molecule has 64 valence electrons. The minimum atomic E-state index is -3.55. The molecule has 1 heterocycles. The molecule has 0 radical (unpaired) electrons. The van der Waals surface area contributed by atoms with E-state index in [1.165, 1.54) is 12.1 Å². The van der Waals surface area contributed by atoms with Crippen LogP contribution < -0.4 is 23.6 Å². The second-order valence-corrected chi connectivity index (χ2v) is 4.08. The number of carbonyl (C=O) groups is 1. The summed E-state index contributed by atoms with van der Waals surface area (Å²) in [6.45, 7) is 0. The van der Waals surface area contributed by atoms with Gasteiger partial charge in [-0.25, -0.2) is 13.1 Å². The van der Waals surface area contributed by atoms with Crippen molar-refractivity contribution in [2.24, 2.45) is 0 Å². The first kappa shape index (κ1) is 10.3. The minimum absolute atomic E-state index is 0. The number of carbonyl (C=O) groups excluding carboxylic acids is 1. The van der Waals surface area contributed by atoms with Crippen molar-refractivity contribution in [3.63, 3.8) is 0 Å². The molecule has 0 fully saturated rings. The molecule has 0 bridgehead atoms. The predicted octanol–water partition coefficient (Wildman–Crippen LogP) is -2.76. The molecule has 0 aliphatic carbocycles. The predicted molar refractivity (Wildman–Crippen MR) is 42.2 cm³/mol. The van der Waals surface area contributed by atoms with Gasteiger partial charge in [-0.05, 0) is 12.1 Å². The van der Waals surface area contributed by atoms with E-state index in [1.54, 1.807) is 12.1 Å². The Bertz CT molecular complexity index is 460. The number of fused-ring (bicyclic) bond motifs is 1. The van der Waals surface area contributed by atoms with E-state index in [0.717, 1.165) is 0 Å². The van der Waals surface area contributed by atoms with E-state index >= 15 is 0 Å². The average Bonchev–Trinajstić information content (AvgIpc) is 2.25. The molecule has 0 saturated carbocycles. The van der Waals surface area contributed by atoms with Crippen LogP contribution in [0.15, 0.2) is 29.2 Å². The van der Waals surface area contributed by atoms with Crippen LogP contribution in [0, 0.1) is 0 Å². The van der Waals surface area contributed by atoms with Crippen molar-refractivity contribution in [1.82, 2.24) is 4.72 Å². The molecule has 13 heavy (non-hydrogen) atoms. The Morgan fingerprint density at radius 2 is 1.85 bits per heavy atom. The van der Waals surface area contributed by atoms with E-state index in [2.05, 4.69) is 0 Å². The third-order valence-electron chi connectivity index (χ3n) is 1.65. The van der Waals surface area contributed by atoms with Crippen LogP contribution >= 0.6 is 0 Å². The van der Waals surface area contributed by atoms with Gasteiger partial charge in [0.15, 0.2) is 0 Å². The number of hydrogen-bond donors (Lipinski definition) is 1. The van der Waals surface area contributed by atoms with Crippen LogP contribution in [-0.4, -0.2) is 14.3 Å². The first-order valence-corrected chi connectivity index (χ1v) is 4.76. The Morgan fingerprint density at radius 3 is 2.46 bits per heavy atom. The Kier molecular flexibility index (Phi) is 2.53. The van der Waals surface area contributed by atoms with Crippen LogP contribution in [0.5, 0.6) is 0 Å². The molecule has 0 saturated heterocycles. The maximum absolute atomic E-state index is 11.1. The van der Waals surface area contributed by atoms with Crippen LogP contribution in [0.4, 0.5) is 0 Å². The van der Waals surface area contributed by atoms with Gasteiger partial charge in [0.25, 0.3) is 15.9 Å². The molecule has 0 unspecified atom stereocenters. The van der Waals surface area contributed by atoms with Gasteiger partial charge in [0.2, 0.25) is 0 Å². The largest absolute Gasteiger partial charge is 1.00 e. The zero-order valence-corrected chi connectivity index (χ0v) is 7.76. The van der Waals surface area contributed by atoms with E-state index in [4.69, 9.17) is 0 Å². The summed E-state index contributed by atoms with van der Waals surface area (Å²) in [5, 5.41) is 0. The van der Waals surface area contributed by atoms with Crippen LogP contribution in [0.25, 0.3) is 0 Å². The van der Waals surface area contributed by atoms with E-state index in [9.17, 15) is 13.2 Å². The third-order valence-corrected chi connectivity index (χ3v) is 3.04. The molecule has 1 aromatic rings. The molecule has 1 aromatic carbocycles. The van der Waals surface area contributed by atoms with Gasteiger partial charge in [-0.1, -0.05) is 12.1 Å². The standard InChI is InChI=1S/C7H5NO3S.Li.H/c9-7-5-3-1-2-4-6(5)12(10,11)8-7;;/h1-4H,(H,8,9);;/q;+1;-1. The van der Waals surface area contributed by atoms with Gasteiger partial charge in [-0.15, -0.1) is 0 Å². The zero-order valence-electron chi connectivity index (χ0n) is 7.94. The fourth-order valence-corrected chi connectivity index (χ4v) is 2.29. The van der Waals surface area contributed by atoms with Gasteiger partial charge in [0, 0.05) is 0 Å². The molecular weight excluding hydrogens is 185 g/mol. The van der Waals surface area contributed by atoms with Crippen LogP contribution in [0.2, 0.25) is 0 Å². The van der Waals surface area contributed by atoms with E-state index in [-0.39, 0.29) is 30.7 Å². The average molecular weight is 191 g/mol. The van der Waals surface area contributed by atoms with Crippen molar-refractivity contribution in [2.75, 3.05) is 0 Å². The summed E-state index contributed by atoms with van der Waals surface area (Å²) in [6, 6.07) is 6.09. The Labute approximate surface area is 89.0 Å². The van der Waals surface area contributed by atoms with Gasteiger partial charge < -0.3 is 1.43 Å². The van der Waals surface area contributed by atoms with Crippen molar-refractivity contribution in [1.29, 1.82) is 0 Å². The summed E-state index contributed by atoms with van der Waals surface area (Å²) in [6.07, 6.45) is 0. The van der Waals surface area contributed by atoms with Gasteiger partial charge >= 0.3 is 18.9 Å². The molecule has 2 rings (SSSR count). The van der Waals surface area contributed by atoms with E-state index in [1.807, 2.05) is 4.72 Å². The van der Waals surface area contributed by atoms with E-state index in [0.29, 0.717) is 0 Å². The van der Waals surface area contributed by atoms with Crippen LogP contribution in [-0.2, 0) is 10.0 Å². The second kappa shape index (κ2) is 3.18. The molecule has 1 aliphatic rings. The molecule has 0 aromatic heterocycles. The maximum Gasteiger partial charge on any atom is 1.00 e. The third kappa shape index (κ3) is 1.51. The Hall–Kier alpha value is -0.763. The molecule has 0 spiro atoms. The second-order valence-electron chi connectivity index (χ2n) is 2.43. The number of benzene rings is 1. The summed E-state index contributed by atoms with van der Waals surface area (Å²) >= 11 is 0. The summed E-state index contributed by atoms with van der Waals surface area (Å²) < 4.78 is 24.2. The van der Waals surface area contributed by atoms with Gasteiger partial charge in [0.1, 0.15) is 4.90 Å². The van der Waals surface area contributed by atoms with Crippen molar-refractivity contribution in [2.45, 2.75) is 4.90 Å². The number of sulfonamides is 1. The Morgan fingerprint density at radius 1 is 1.23 bits per heavy atom. The summed E-state index contributed by atoms with van der Waals surface area (Å²) in [5.41, 5.74) is 0.220. The first-order chi connectivity index (χ1) is 5.61. The fourth-order valence-electron chi connectivity index (χ4n) is 1.12. The van der Waals surface area contributed by atoms with Crippen molar-refractivity contribution < 1.29 is 33.5 Å². The van der Waals surface area contributed by atoms with Gasteiger partial charge in [-0.2, -0.15) is 0 Å². The number of nitrogens with one attached hydrogen (secondary N) is 1. The Balaban J connectivity index is 0.000000845. The smallest absolute Gasteiger partial charge is 1.00 e. The van der Waals surface area contributed by atoms with Gasteiger partial charge in [-0.3, -0.25) is 4.79 Å². The van der Waals surface area contributed by atoms with Gasteiger partial charge in [0.05, 0.1) is 5.56 Å². The molecule has 4 nitrogen and oxygen atoms in total. The number of hydrogen-bond acceptors (Lipinski definition) is 3. The van der Waals surface area contributed by atoms with Crippen LogP contribution in [0.3, 0.4) is 0 Å². The number of rotatable bonds is 0. The summed E-state index contributed by atoms with van der Waals surface area (Å²) in [4.78, 5) is 11.1. The normalized spacial score (nSPS) is 17.1. The first-order valence-electron chi connectivity index (χ1n) is 3.27. The summed E-state index contributed by atoms with van der Waals surface area (Å²) in [7, 11) is -3.55. The van der Waals surface area contributed by atoms with Crippen LogP contribution in [0.1, 0.15) is 11.8 Å². The quantitative estimate of drug-likeness (QED) is 0.452. The van der Waals surface area contributed by atoms with Crippen molar-refractivity contribution in [3.05, 3.63) is 29.8 Å². The summed E-state index contributed by atoms with van der Waals surface area (Å²) in [5.74, 6) is -0.550. The van der Waals surface area contributed by atoms with Crippen molar-refractivity contribution in [3.8, 4) is 0 Å². The topological polar surface area (TPSA) is 63.2 Å². The molecule has 6 heteroatoms. The molecule has 1 N–H and O–H groups in total. The maximum atomic E-state index is 11.1. The fraction of sp³-hybridized carbons (Fsp3) is 0. The molecule has 1 amide bonds. The monoisotopic (exact) mass is 191 g/mol. The SMILES string of the molecule is O=C1NS(=O)(=O)c2ccccc21.[H-].[Li+]. The molecule has 0 atom stereocenters. The minimum Gasteiger partial charge on any atom is -1.00 e. The van der Waals surface area contributed by atoms with Crippen molar-refractivity contribution >= 4 is 15.9 Å². The molecular formula is C7H6LiNO3S. The molecule has 1 aliphatic heterocycles.